The molecule has 0 radical (unpaired) electrons. The highest BCUT2D eigenvalue weighted by atomic mass is 16.6. The second-order valence-corrected chi connectivity index (χ2v) is 9.97. The summed E-state index contributed by atoms with van der Waals surface area (Å²) in [6, 6.07) is 11.4. The predicted octanol–water partition coefficient (Wildman–Crippen LogP) is 3.97. The lowest BCUT2D eigenvalue weighted by molar-refractivity contribution is 0.0422. The van der Waals surface area contributed by atoms with E-state index in [1.165, 1.54) is 5.56 Å². The fourth-order valence-electron chi connectivity index (χ4n) is 3.11. The maximum Gasteiger partial charge on any atom is 0.407 e. The summed E-state index contributed by atoms with van der Waals surface area (Å²) >= 11 is 0. The second-order valence-electron chi connectivity index (χ2n) is 9.97. The minimum absolute atomic E-state index is 0.0284. The molecule has 0 saturated carbocycles. The number of hydrogen-bond acceptors (Lipinski definition) is 5. The Labute approximate surface area is 186 Å². The summed E-state index contributed by atoms with van der Waals surface area (Å²) in [7, 11) is 0. The molecular weight excluding hydrogens is 390 g/mol. The Bertz CT molecular complexity index is 826. The van der Waals surface area contributed by atoms with Crippen LogP contribution in [0.3, 0.4) is 0 Å². The summed E-state index contributed by atoms with van der Waals surface area (Å²) < 4.78 is 5.39. The lowest BCUT2D eigenvalue weighted by Gasteiger charge is -2.27. The highest BCUT2D eigenvalue weighted by Gasteiger charge is 2.25. The van der Waals surface area contributed by atoms with Gasteiger partial charge in [-0.1, -0.05) is 57.2 Å². The third-order valence-electron chi connectivity index (χ3n) is 4.81. The molecule has 0 saturated heterocycles. The van der Waals surface area contributed by atoms with E-state index in [1.807, 2.05) is 63.5 Å². The molecule has 6 nitrogen and oxygen atoms in total. The van der Waals surface area contributed by atoms with Gasteiger partial charge in [-0.3, -0.25) is 4.98 Å². The highest BCUT2D eigenvalue weighted by Crippen LogP contribution is 2.21. The van der Waals surface area contributed by atoms with E-state index in [0.717, 1.165) is 11.1 Å². The molecule has 0 aliphatic heterocycles. The summed E-state index contributed by atoms with van der Waals surface area (Å²) in [5.74, 6) is 0. The van der Waals surface area contributed by atoms with Gasteiger partial charge in [0, 0.05) is 25.5 Å². The van der Waals surface area contributed by atoms with Gasteiger partial charge in [0.05, 0.1) is 12.1 Å². The third-order valence-corrected chi connectivity index (χ3v) is 4.81. The lowest BCUT2D eigenvalue weighted by atomic mass is 9.88. The molecule has 1 aromatic carbocycles. The molecule has 3 N–H and O–H groups in total. The molecule has 0 bridgehead atoms. The summed E-state index contributed by atoms with van der Waals surface area (Å²) in [5.41, 5.74) is 2.68. The molecule has 31 heavy (non-hydrogen) atoms. The van der Waals surface area contributed by atoms with Gasteiger partial charge < -0.3 is 20.5 Å². The topological polar surface area (TPSA) is 83.5 Å². The van der Waals surface area contributed by atoms with Crippen LogP contribution in [0.25, 0.3) is 0 Å². The number of aliphatic hydroxyl groups is 1. The Morgan fingerprint density at radius 1 is 1.06 bits per heavy atom. The number of ether oxygens (including phenoxy) is 1. The standard InChI is InChI=1S/C25H37N3O3/c1-24(2,3)20-12-19(14-26-16-20)15-27-17-22(29)21(13-18-10-8-7-9-11-18)28-23(30)31-25(4,5)6/h7-12,14,16,21-22,27,29H,13,15,17H2,1-6H3,(H,28,30)/t21-,22+/m0/s1. The van der Waals surface area contributed by atoms with Gasteiger partial charge in [0.2, 0.25) is 0 Å². The largest absolute Gasteiger partial charge is 0.444 e. The number of pyridine rings is 1. The van der Waals surface area contributed by atoms with Crippen molar-refractivity contribution in [2.24, 2.45) is 0 Å². The van der Waals surface area contributed by atoms with Crippen LogP contribution in [0.4, 0.5) is 4.79 Å². The SMILES string of the molecule is CC(C)(C)OC(=O)N[C@@H](Cc1ccccc1)[C@H](O)CNCc1cncc(C(C)(C)C)c1. The molecular formula is C25H37N3O3. The van der Waals surface area contributed by atoms with Crippen LogP contribution in [0.15, 0.2) is 48.8 Å². The van der Waals surface area contributed by atoms with Crippen molar-refractivity contribution in [1.82, 2.24) is 15.6 Å². The Kier molecular flexibility index (Phi) is 8.60. The molecule has 2 atom stereocenters. The van der Waals surface area contributed by atoms with Crippen LogP contribution in [0.2, 0.25) is 0 Å². The fourth-order valence-corrected chi connectivity index (χ4v) is 3.11. The molecule has 1 amide bonds. The predicted molar refractivity (Wildman–Crippen MR) is 124 cm³/mol. The monoisotopic (exact) mass is 427 g/mol. The smallest absolute Gasteiger partial charge is 0.407 e. The van der Waals surface area contributed by atoms with Crippen molar-refractivity contribution in [3.05, 3.63) is 65.5 Å². The molecule has 0 fully saturated rings. The van der Waals surface area contributed by atoms with Gasteiger partial charge in [-0.05, 0) is 49.3 Å². The number of carbonyl (C=O) groups is 1. The number of hydrogen-bond donors (Lipinski definition) is 3. The van der Waals surface area contributed by atoms with Crippen molar-refractivity contribution in [2.75, 3.05) is 6.54 Å². The van der Waals surface area contributed by atoms with Crippen LogP contribution in [0, 0.1) is 0 Å². The van der Waals surface area contributed by atoms with E-state index in [2.05, 4.69) is 42.5 Å². The first-order valence-corrected chi connectivity index (χ1v) is 10.8. The molecule has 6 heteroatoms. The molecule has 2 rings (SSSR count). The molecule has 1 heterocycles. The minimum Gasteiger partial charge on any atom is -0.444 e. The molecule has 1 aromatic heterocycles. The number of amides is 1. The van der Waals surface area contributed by atoms with E-state index in [9.17, 15) is 9.90 Å². The molecule has 0 aliphatic rings. The van der Waals surface area contributed by atoms with Gasteiger partial charge in [0.1, 0.15) is 5.60 Å². The summed E-state index contributed by atoms with van der Waals surface area (Å²) in [4.78, 5) is 16.7. The van der Waals surface area contributed by atoms with Gasteiger partial charge in [-0.25, -0.2) is 4.79 Å². The van der Waals surface area contributed by atoms with Crippen LogP contribution in [0.5, 0.6) is 0 Å². The first-order valence-electron chi connectivity index (χ1n) is 10.8. The third kappa shape index (κ3) is 9.07. The van der Waals surface area contributed by atoms with Gasteiger partial charge >= 0.3 is 6.09 Å². The summed E-state index contributed by atoms with van der Waals surface area (Å²) in [5, 5.41) is 17.0. The number of carbonyl (C=O) groups excluding carboxylic acids is 1. The number of aliphatic hydroxyl groups excluding tert-OH is 1. The van der Waals surface area contributed by atoms with Crippen molar-refractivity contribution >= 4 is 6.09 Å². The van der Waals surface area contributed by atoms with E-state index in [-0.39, 0.29) is 5.41 Å². The number of rotatable bonds is 8. The average molecular weight is 428 g/mol. The van der Waals surface area contributed by atoms with Gasteiger partial charge in [0.15, 0.2) is 0 Å². The van der Waals surface area contributed by atoms with Crippen molar-refractivity contribution in [2.45, 2.75) is 77.7 Å². The molecule has 2 aromatic rings. The number of alkyl carbamates (subject to hydrolysis) is 1. The minimum atomic E-state index is -0.786. The van der Waals surface area contributed by atoms with Crippen LogP contribution in [-0.4, -0.2) is 40.5 Å². The van der Waals surface area contributed by atoms with Gasteiger partial charge in [-0.2, -0.15) is 0 Å². The maximum atomic E-state index is 12.3. The summed E-state index contributed by atoms with van der Waals surface area (Å²) in [6.45, 7) is 12.8. The molecule has 0 aliphatic carbocycles. The summed E-state index contributed by atoms with van der Waals surface area (Å²) in [6.07, 6.45) is 2.90. The Morgan fingerprint density at radius 3 is 2.35 bits per heavy atom. The van der Waals surface area contributed by atoms with Crippen molar-refractivity contribution < 1.29 is 14.6 Å². The number of aromatic nitrogens is 1. The molecule has 0 unspecified atom stereocenters. The zero-order chi connectivity index (χ0) is 23.1. The lowest BCUT2D eigenvalue weighted by Crippen LogP contribution is -2.49. The zero-order valence-corrected chi connectivity index (χ0v) is 19.6. The normalized spacial score (nSPS) is 14.0. The van der Waals surface area contributed by atoms with Crippen molar-refractivity contribution in [3.63, 3.8) is 0 Å². The first-order chi connectivity index (χ1) is 14.4. The fraction of sp³-hybridized carbons (Fsp3) is 0.520. The Hall–Kier alpha value is -2.44. The van der Waals surface area contributed by atoms with E-state index < -0.39 is 23.8 Å². The van der Waals surface area contributed by atoms with E-state index in [0.29, 0.717) is 19.5 Å². The van der Waals surface area contributed by atoms with Gasteiger partial charge in [0.25, 0.3) is 0 Å². The number of benzene rings is 1. The van der Waals surface area contributed by atoms with Crippen molar-refractivity contribution in [3.8, 4) is 0 Å². The van der Waals surface area contributed by atoms with Gasteiger partial charge in [-0.15, -0.1) is 0 Å². The Balaban J connectivity index is 1.99. The first kappa shape index (κ1) is 24.8. The molecule has 0 spiro atoms. The van der Waals surface area contributed by atoms with Crippen LogP contribution >= 0.6 is 0 Å². The van der Waals surface area contributed by atoms with E-state index in [1.54, 1.807) is 0 Å². The van der Waals surface area contributed by atoms with Crippen LogP contribution < -0.4 is 10.6 Å². The average Bonchev–Trinajstić information content (AvgIpc) is 2.66. The van der Waals surface area contributed by atoms with Crippen LogP contribution in [0.1, 0.15) is 58.2 Å². The number of nitrogens with zero attached hydrogens (tertiary/aromatic N) is 1. The maximum absolute atomic E-state index is 12.3. The highest BCUT2D eigenvalue weighted by molar-refractivity contribution is 5.68. The van der Waals surface area contributed by atoms with Crippen molar-refractivity contribution in [1.29, 1.82) is 0 Å². The number of nitrogens with one attached hydrogen (secondary N) is 2. The van der Waals surface area contributed by atoms with E-state index >= 15 is 0 Å². The van der Waals surface area contributed by atoms with Crippen LogP contribution in [-0.2, 0) is 23.1 Å². The molecule has 170 valence electrons. The Morgan fingerprint density at radius 2 is 1.74 bits per heavy atom. The zero-order valence-electron chi connectivity index (χ0n) is 19.6. The quantitative estimate of drug-likeness (QED) is 0.594. The van der Waals surface area contributed by atoms with E-state index in [4.69, 9.17) is 4.74 Å². The second kappa shape index (κ2) is 10.7.